The van der Waals surface area contributed by atoms with Crippen LogP contribution >= 0.6 is 11.3 Å². The number of hydrogen-bond donors (Lipinski definition) is 1. The van der Waals surface area contributed by atoms with E-state index in [9.17, 15) is 0 Å². The van der Waals surface area contributed by atoms with Gasteiger partial charge in [0, 0.05) is 5.69 Å². The summed E-state index contributed by atoms with van der Waals surface area (Å²) >= 11 is 1.69. The molecule has 0 saturated heterocycles. The lowest BCUT2D eigenvalue weighted by Gasteiger charge is -2.02. The fourth-order valence-electron chi connectivity index (χ4n) is 1.99. The minimum Gasteiger partial charge on any atom is -0.332 e. The van der Waals surface area contributed by atoms with Crippen LogP contribution in [0.4, 0.5) is 10.8 Å². The van der Waals surface area contributed by atoms with Crippen molar-refractivity contribution in [1.29, 1.82) is 0 Å². The fourth-order valence-corrected chi connectivity index (χ4v) is 2.95. The lowest BCUT2D eigenvalue weighted by atomic mass is 10.2. The number of para-hydroxylation sites is 1. The van der Waals surface area contributed by atoms with Crippen LogP contribution in [-0.4, -0.2) is 4.98 Å². The molecule has 1 aromatic heterocycles. The van der Waals surface area contributed by atoms with Gasteiger partial charge in [-0.3, -0.25) is 0 Å². The summed E-state index contributed by atoms with van der Waals surface area (Å²) in [6.07, 6.45) is 0. The number of hydrogen-bond acceptors (Lipinski definition) is 3. The van der Waals surface area contributed by atoms with E-state index in [2.05, 4.69) is 66.6 Å². The Morgan fingerprint density at radius 3 is 2.67 bits per heavy atom. The van der Waals surface area contributed by atoms with Crippen molar-refractivity contribution < 1.29 is 0 Å². The van der Waals surface area contributed by atoms with E-state index in [0.717, 1.165) is 16.3 Å². The molecule has 90 valence electrons. The number of aryl methyl sites for hydroxylation is 2. The molecule has 0 radical (unpaired) electrons. The smallest absolute Gasteiger partial charge is 0.188 e. The molecule has 0 bridgehead atoms. The number of benzene rings is 2. The molecular weight excluding hydrogens is 240 g/mol. The van der Waals surface area contributed by atoms with Gasteiger partial charge in [-0.2, -0.15) is 0 Å². The normalized spacial score (nSPS) is 10.8. The first-order valence-corrected chi connectivity index (χ1v) is 6.74. The van der Waals surface area contributed by atoms with Crippen molar-refractivity contribution in [2.24, 2.45) is 0 Å². The van der Waals surface area contributed by atoms with Crippen molar-refractivity contribution in [3.8, 4) is 0 Å². The molecule has 3 heteroatoms. The van der Waals surface area contributed by atoms with E-state index in [1.54, 1.807) is 11.3 Å². The van der Waals surface area contributed by atoms with Crippen molar-refractivity contribution >= 4 is 32.4 Å². The molecule has 0 atom stereocenters. The van der Waals surface area contributed by atoms with Crippen molar-refractivity contribution in [3.05, 3.63) is 53.6 Å². The lowest BCUT2D eigenvalue weighted by Crippen LogP contribution is -1.89. The summed E-state index contributed by atoms with van der Waals surface area (Å²) in [5, 5.41) is 4.32. The molecule has 2 aromatic carbocycles. The summed E-state index contributed by atoms with van der Waals surface area (Å²) in [5.41, 5.74) is 4.66. The maximum Gasteiger partial charge on any atom is 0.188 e. The molecule has 0 spiro atoms. The molecule has 18 heavy (non-hydrogen) atoms. The Hall–Kier alpha value is -1.87. The van der Waals surface area contributed by atoms with Gasteiger partial charge >= 0.3 is 0 Å². The van der Waals surface area contributed by atoms with Crippen molar-refractivity contribution in [2.75, 3.05) is 5.32 Å². The molecule has 0 aliphatic rings. The maximum atomic E-state index is 4.64. The van der Waals surface area contributed by atoms with E-state index < -0.39 is 0 Å². The first-order chi connectivity index (χ1) is 8.72. The molecule has 0 amide bonds. The number of thiazole rings is 1. The van der Waals surface area contributed by atoms with Gasteiger partial charge in [0.1, 0.15) is 0 Å². The summed E-state index contributed by atoms with van der Waals surface area (Å²) in [6, 6.07) is 14.6. The molecule has 0 fully saturated rings. The third-order valence-corrected chi connectivity index (χ3v) is 3.83. The number of rotatable bonds is 2. The minimum absolute atomic E-state index is 0.949. The van der Waals surface area contributed by atoms with Gasteiger partial charge in [0.05, 0.1) is 10.2 Å². The monoisotopic (exact) mass is 254 g/mol. The highest BCUT2D eigenvalue weighted by Gasteiger charge is 2.05. The number of anilines is 2. The van der Waals surface area contributed by atoms with E-state index in [4.69, 9.17) is 0 Å². The highest BCUT2D eigenvalue weighted by atomic mass is 32.1. The molecule has 1 N–H and O–H groups in total. The Kier molecular flexibility index (Phi) is 2.76. The number of fused-ring (bicyclic) bond motifs is 1. The summed E-state index contributed by atoms with van der Waals surface area (Å²) in [4.78, 5) is 4.64. The van der Waals surface area contributed by atoms with Gasteiger partial charge in [0.25, 0.3) is 0 Å². The first kappa shape index (κ1) is 11.2. The number of nitrogens with one attached hydrogen (secondary N) is 1. The quantitative estimate of drug-likeness (QED) is 0.719. The van der Waals surface area contributed by atoms with Crippen LogP contribution in [0.1, 0.15) is 11.1 Å². The number of aromatic nitrogens is 1. The molecule has 3 rings (SSSR count). The van der Waals surface area contributed by atoms with Crippen molar-refractivity contribution in [1.82, 2.24) is 4.98 Å². The van der Waals surface area contributed by atoms with Crippen LogP contribution in [0, 0.1) is 13.8 Å². The molecule has 3 aromatic rings. The lowest BCUT2D eigenvalue weighted by molar-refractivity contribution is 1.39. The molecular formula is C15H14N2S. The average molecular weight is 254 g/mol. The Morgan fingerprint density at radius 2 is 1.89 bits per heavy atom. The van der Waals surface area contributed by atoms with Gasteiger partial charge in [-0.1, -0.05) is 35.6 Å². The summed E-state index contributed by atoms with van der Waals surface area (Å²) < 4.78 is 1.23. The van der Waals surface area contributed by atoms with Gasteiger partial charge in [-0.05, 0) is 43.2 Å². The predicted molar refractivity (Wildman–Crippen MR) is 78.8 cm³/mol. The largest absolute Gasteiger partial charge is 0.332 e. The minimum atomic E-state index is 0.949. The van der Waals surface area contributed by atoms with E-state index in [1.807, 2.05) is 0 Å². The molecule has 0 aliphatic heterocycles. The second-order valence-corrected chi connectivity index (χ2v) is 5.47. The van der Waals surface area contributed by atoms with Crippen LogP contribution in [0.25, 0.3) is 10.2 Å². The summed E-state index contributed by atoms with van der Waals surface area (Å²) in [5.74, 6) is 0. The van der Waals surface area contributed by atoms with E-state index in [-0.39, 0.29) is 0 Å². The highest BCUT2D eigenvalue weighted by Crippen LogP contribution is 2.29. The van der Waals surface area contributed by atoms with Crippen molar-refractivity contribution in [2.45, 2.75) is 13.8 Å². The van der Waals surface area contributed by atoms with Gasteiger partial charge in [-0.25, -0.2) is 4.98 Å². The molecule has 0 saturated carbocycles. The maximum absolute atomic E-state index is 4.64. The Bertz CT molecular complexity index is 701. The average Bonchev–Trinajstić information content (AvgIpc) is 2.73. The van der Waals surface area contributed by atoms with Crippen LogP contribution in [0.3, 0.4) is 0 Å². The van der Waals surface area contributed by atoms with Gasteiger partial charge < -0.3 is 5.32 Å². The Labute approximate surface area is 110 Å². The second kappa shape index (κ2) is 4.42. The van der Waals surface area contributed by atoms with Gasteiger partial charge in [0.15, 0.2) is 5.13 Å². The highest BCUT2D eigenvalue weighted by molar-refractivity contribution is 7.22. The van der Waals surface area contributed by atoms with E-state index in [1.165, 1.54) is 15.8 Å². The van der Waals surface area contributed by atoms with Gasteiger partial charge in [-0.15, -0.1) is 0 Å². The zero-order valence-electron chi connectivity index (χ0n) is 10.4. The topological polar surface area (TPSA) is 24.9 Å². The van der Waals surface area contributed by atoms with Crippen LogP contribution in [0.2, 0.25) is 0 Å². The zero-order valence-corrected chi connectivity index (χ0v) is 11.2. The summed E-state index contributed by atoms with van der Waals surface area (Å²) in [6.45, 7) is 4.19. The first-order valence-electron chi connectivity index (χ1n) is 5.92. The zero-order chi connectivity index (χ0) is 12.5. The third kappa shape index (κ3) is 2.09. The molecule has 0 aliphatic carbocycles. The fraction of sp³-hybridized carbons (Fsp3) is 0.133. The third-order valence-electron chi connectivity index (χ3n) is 2.89. The SMILES string of the molecule is Cc1cccc(Nc2nc3c(C)cccc3s2)c1. The van der Waals surface area contributed by atoms with Crippen LogP contribution in [0.15, 0.2) is 42.5 Å². The Morgan fingerprint density at radius 1 is 1.06 bits per heavy atom. The number of nitrogens with zero attached hydrogens (tertiary/aromatic N) is 1. The van der Waals surface area contributed by atoms with Gasteiger partial charge in [0.2, 0.25) is 0 Å². The molecule has 0 unspecified atom stereocenters. The molecule has 2 nitrogen and oxygen atoms in total. The van der Waals surface area contributed by atoms with Crippen LogP contribution < -0.4 is 5.32 Å². The predicted octanol–water partition coefficient (Wildman–Crippen LogP) is 4.66. The van der Waals surface area contributed by atoms with Crippen LogP contribution in [0.5, 0.6) is 0 Å². The summed E-state index contributed by atoms with van der Waals surface area (Å²) in [7, 11) is 0. The van der Waals surface area contributed by atoms with Crippen LogP contribution in [-0.2, 0) is 0 Å². The standard InChI is InChI=1S/C15H14N2S/c1-10-5-3-7-12(9-10)16-15-17-14-11(2)6-4-8-13(14)18-15/h3-9H,1-2H3,(H,16,17). The second-order valence-electron chi connectivity index (χ2n) is 4.44. The molecule has 1 heterocycles. The van der Waals surface area contributed by atoms with Crippen molar-refractivity contribution in [3.63, 3.8) is 0 Å². The van der Waals surface area contributed by atoms with E-state index >= 15 is 0 Å². The Balaban J connectivity index is 1.98. The van der Waals surface area contributed by atoms with E-state index in [0.29, 0.717) is 0 Å².